The van der Waals surface area contributed by atoms with Crippen LogP contribution in [0.5, 0.6) is 0 Å². The highest BCUT2D eigenvalue weighted by atomic mass is 19.1. The quantitative estimate of drug-likeness (QED) is 0.635. The van der Waals surface area contributed by atoms with Crippen LogP contribution in [0.3, 0.4) is 0 Å². The predicted molar refractivity (Wildman–Crippen MR) is 104 cm³/mol. The number of nitrogens with one attached hydrogen (secondary N) is 1. The number of benzene rings is 3. The number of carbonyl (C=O) groups is 2. The molecule has 3 rings (SSSR count). The summed E-state index contributed by atoms with van der Waals surface area (Å²) in [6.07, 6.45) is 0.256. The van der Waals surface area contributed by atoms with Crippen LogP contribution >= 0.6 is 0 Å². The standard InChI is InChI=1S/C23H18F3NO2/c1-14-4-2-5-15(10-14)11-17(28)12-16-8-9-18(24)21(13-16)27-23(29)22-19(25)6-3-7-20(22)26/h2-10,13H,11-12H2,1H3,(H,27,29). The lowest BCUT2D eigenvalue weighted by molar-refractivity contribution is -0.117. The Labute approximate surface area is 166 Å². The molecule has 0 aliphatic rings. The third-order valence-electron chi connectivity index (χ3n) is 4.35. The van der Waals surface area contributed by atoms with Crippen LogP contribution in [-0.2, 0) is 17.6 Å². The van der Waals surface area contributed by atoms with Crippen molar-refractivity contribution in [2.24, 2.45) is 0 Å². The van der Waals surface area contributed by atoms with Gasteiger partial charge >= 0.3 is 0 Å². The maximum Gasteiger partial charge on any atom is 0.261 e. The van der Waals surface area contributed by atoms with Gasteiger partial charge < -0.3 is 5.32 Å². The van der Waals surface area contributed by atoms with E-state index in [1.807, 2.05) is 31.2 Å². The van der Waals surface area contributed by atoms with Crippen LogP contribution in [0.25, 0.3) is 0 Å². The van der Waals surface area contributed by atoms with E-state index in [0.29, 0.717) is 5.56 Å². The summed E-state index contributed by atoms with van der Waals surface area (Å²) >= 11 is 0. The van der Waals surface area contributed by atoms with Crippen LogP contribution in [0.1, 0.15) is 27.0 Å². The second-order valence-corrected chi connectivity index (χ2v) is 6.75. The van der Waals surface area contributed by atoms with Crippen molar-refractivity contribution in [2.75, 3.05) is 5.32 Å². The first-order valence-electron chi connectivity index (χ1n) is 8.94. The van der Waals surface area contributed by atoms with Gasteiger partial charge in [0.05, 0.1) is 5.69 Å². The van der Waals surface area contributed by atoms with Crippen molar-refractivity contribution in [2.45, 2.75) is 19.8 Å². The molecule has 3 aromatic rings. The second-order valence-electron chi connectivity index (χ2n) is 6.75. The number of rotatable bonds is 6. The number of anilines is 1. The molecule has 6 heteroatoms. The van der Waals surface area contributed by atoms with Crippen molar-refractivity contribution in [3.05, 3.63) is 100 Å². The SMILES string of the molecule is Cc1cccc(CC(=O)Cc2ccc(F)c(NC(=O)c3c(F)cccc3F)c2)c1. The van der Waals surface area contributed by atoms with Gasteiger partial charge in [0.2, 0.25) is 0 Å². The number of Topliss-reactive ketones (excluding diaryl/α,β-unsaturated/α-hetero) is 1. The van der Waals surface area contributed by atoms with Crippen molar-refractivity contribution < 1.29 is 22.8 Å². The lowest BCUT2D eigenvalue weighted by Gasteiger charge is -2.10. The summed E-state index contributed by atoms with van der Waals surface area (Å²) in [6.45, 7) is 1.93. The molecule has 148 valence electrons. The summed E-state index contributed by atoms with van der Waals surface area (Å²) in [6, 6.07) is 14.4. The monoisotopic (exact) mass is 397 g/mol. The van der Waals surface area contributed by atoms with Gasteiger partial charge in [-0.05, 0) is 42.3 Å². The van der Waals surface area contributed by atoms with Gasteiger partial charge in [0.1, 0.15) is 28.8 Å². The fourth-order valence-corrected chi connectivity index (χ4v) is 3.02. The van der Waals surface area contributed by atoms with E-state index in [1.165, 1.54) is 12.1 Å². The molecular weight excluding hydrogens is 379 g/mol. The van der Waals surface area contributed by atoms with E-state index in [0.717, 1.165) is 35.4 Å². The summed E-state index contributed by atoms with van der Waals surface area (Å²) in [4.78, 5) is 24.5. The molecule has 0 saturated heterocycles. The molecule has 0 fully saturated rings. The Kier molecular flexibility index (Phi) is 6.12. The van der Waals surface area contributed by atoms with Gasteiger partial charge in [0.15, 0.2) is 0 Å². The lowest BCUT2D eigenvalue weighted by atomic mass is 10.0. The van der Waals surface area contributed by atoms with Crippen LogP contribution in [0.15, 0.2) is 60.7 Å². The van der Waals surface area contributed by atoms with E-state index >= 15 is 0 Å². The van der Waals surface area contributed by atoms with Crippen molar-refractivity contribution in [3.8, 4) is 0 Å². The molecule has 0 saturated carbocycles. The van der Waals surface area contributed by atoms with Crippen LogP contribution in [-0.4, -0.2) is 11.7 Å². The fourth-order valence-electron chi connectivity index (χ4n) is 3.02. The summed E-state index contributed by atoms with van der Waals surface area (Å²) in [5.41, 5.74) is 1.35. The van der Waals surface area contributed by atoms with Gasteiger partial charge in [-0.3, -0.25) is 9.59 Å². The minimum Gasteiger partial charge on any atom is -0.319 e. The van der Waals surface area contributed by atoms with Crippen molar-refractivity contribution in [3.63, 3.8) is 0 Å². The molecule has 0 heterocycles. The van der Waals surface area contributed by atoms with Crippen molar-refractivity contribution >= 4 is 17.4 Å². The number of aryl methyl sites for hydroxylation is 1. The van der Waals surface area contributed by atoms with E-state index < -0.39 is 28.9 Å². The highest BCUT2D eigenvalue weighted by Crippen LogP contribution is 2.20. The van der Waals surface area contributed by atoms with Gasteiger partial charge in [-0.1, -0.05) is 42.0 Å². The summed E-state index contributed by atoms with van der Waals surface area (Å²) in [7, 11) is 0. The molecule has 0 aliphatic carbocycles. The molecule has 0 aliphatic heterocycles. The van der Waals surface area contributed by atoms with Gasteiger partial charge in [-0.25, -0.2) is 13.2 Å². The maximum absolute atomic E-state index is 14.1. The Morgan fingerprint density at radius 2 is 1.41 bits per heavy atom. The Bertz CT molecular complexity index is 1060. The van der Waals surface area contributed by atoms with Gasteiger partial charge in [0, 0.05) is 12.8 Å². The van der Waals surface area contributed by atoms with Crippen LogP contribution in [0.4, 0.5) is 18.9 Å². The number of ketones is 1. The molecule has 3 aromatic carbocycles. The Hall–Kier alpha value is -3.41. The minimum atomic E-state index is -1.11. The van der Waals surface area contributed by atoms with E-state index in [-0.39, 0.29) is 24.3 Å². The first-order chi connectivity index (χ1) is 13.8. The van der Waals surface area contributed by atoms with E-state index in [9.17, 15) is 22.8 Å². The highest BCUT2D eigenvalue weighted by Gasteiger charge is 2.19. The largest absolute Gasteiger partial charge is 0.319 e. The molecule has 1 amide bonds. The van der Waals surface area contributed by atoms with Gasteiger partial charge in [-0.15, -0.1) is 0 Å². The van der Waals surface area contributed by atoms with Gasteiger partial charge in [-0.2, -0.15) is 0 Å². The van der Waals surface area contributed by atoms with Gasteiger partial charge in [0.25, 0.3) is 5.91 Å². The Balaban J connectivity index is 1.74. The van der Waals surface area contributed by atoms with Crippen LogP contribution in [0, 0.1) is 24.4 Å². The summed E-state index contributed by atoms with van der Waals surface area (Å²) < 4.78 is 41.6. The lowest BCUT2D eigenvalue weighted by Crippen LogP contribution is -2.17. The average Bonchev–Trinajstić information content (AvgIpc) is 2.64. The van der Waals surface area contributed by atoms with Crippen LogP contribution in [0.2, 0.25) is 0 Å². The predicted octanol–water partition coefficient (Wildman–Crippen LogP) is 5.02. The molecule has 1 N–H and O–H groups in total. The third-order valence-corrected chi connectivity index (χ3v) is 4.35. The zero-order valence-electron chi connectivity index (χ0n) is 15.6. The Morgan fingerprint density at radius 3 is 2.07 bits per heavy atom. The first kappa shape index (κ1) is 20.3. The van der Waals surface area contributed by atoms with E-state index in [1.54, 1.807) is 0 Å². The fraction of sp³-hybridized carbons (Fsp3) is 0.130. The molecular formula is C23H18F3NO2. The number of carbonyl (C=O) groups excluding carboxylic acids is 2. The van der Waals surface area contributed by atoms with E-state index in [4.69, 9.17) is 0 Å². The smallest absolute Gasteiger partial charge is 0.261 e. The zero-order chi connectivity index (χ0) is 21.0. The number of halogens is 3. The summed E-state index contributed by atoms with van der Waals surface area (Å²) in [5, 5.41) is 2.17. The molecule has 0 unspecified atom stereocenters. The molecule has 0 radical (unpaired) electrons. The van der Waals surface area contributed by atoms with Crippen molar-refractivity contribution in [1.82, 2.24) is 0 Å². The average molecular weight is 397 g/mol. The molecule has 0 bridgehead atoms. The molecule has 29 heavy (non-hydrogen) atoms. The Morgan fingerprint density at radius 1 is 0.793 bits per heavy atom. The third kappa shape index (κ3) is 5.10. The second kappa shape index (κ2) is 8.73. The molecule has 3 nitrogen and oxygen atoms in total. The normalized spacial score (nSPS) is 10.6. The highest BCUT2D eigenvalue weighted by molar-refractivity contribution is 6.04. The molecule has 0 atom stereocenters. The molecule has 0 spiro atoms. The first-order valence-corrected chi connectivity index (χ1v) is 8.94. The van der Waals surface area contributed by atoms with Crippen LogP contribution < -0.4 is 5.32 Å². The zero-order valence-corrected chi connectivity index (χ0v) is 15.6. The number of amides is 1. The maximum atomic E-state index is 14.1. The van der Waals surface area contributed by atoms with Crippen molar-refractivity contribution in [1.29, 1.82) is 0 Å². The summed E-state index contributed by atoms with van der Waals surface area (Å²) in [5.74, 6) is -4.06. The number of hydrogen-bond donors (Lipinski definition) is 1. The minimum absolute atomic E-state index is 0.0329. The molecule has 0 aromatic heterocycles. The topological polar surface area (TPSA) is 46.2 Å². The van der Waals surface area contributed by atoms with E-state index in [2.05, 4.69) is 5.32 Å². The number of hydrogen-bond acceptors (Lipinski definition) is 2.